The molecule has 2 rings (SSSR count). The summed E-state index contributed by atoms with van der Waals surface area (Å²) in [4.78, 5) is 2.54. The molecule has 1 aliphatic carbocycles. The lowest BCUT2D eigenvalue weighted by Crippen LogP contribution is -2.54. The van der Waals surface area contributed by atoms with E-state index in [9.17, 15) is 5.11 Å². The van der Waals surface area contributed by atoms with Gasteiger partial charge in [-0.25, -0.2) is 0 Å². The van der Waals surface area contributed by atoms with Gasteiger partial charge in [-0.15, -0.1) is 0 Å². The summed E-state index contributed by atoms with van der Waals surface area (Å²) in [5.41, 5.74) is 0. The van der Waals surface area contributed by atoms with Crippen LogP contribution in [-0.2, 0) is 0 Å². The van der Waals surface area contributed by atoms with Crippen molar-refractivity contribution >= 4 is 0 Å². The van der Waals surface area contributed by atoms with Gasteiger partial charge in [0.15, 0.2) is 0 Å². The predicted molar refractivity (Wildman–Crippen MR) is 72.4 cm³/mol. The maximum atomic E-state index is 9.87. The van der Waals surface area contributed by atoms with Gasteiger partial charge in [-0.2, -0.15) is 0 Å². The van der Waals surface area contributed by atoms with Gasteiger partial charge in [0.05, 0.1) is 12.7 Å². The van der Waals surface area contributed by atoms with E-state index < -0.39 is 0 Å². The first-order chi connectivity index (χ1) is 8.61. The molecule has 4 unspecified atom stereocenters. The van der Waals surface area contributed by atoms with E-state index in [4.69, 9.17) is 5.11 Å². The highest BCUT2D eigenvalue weighted by atomic mass is 16.3. The van der Waals surface area contributed by atoms with Gasteiger partial charge in [-0.3, -0.25) is 4.90 Å². The summed E-state index contributed by atoms with van der Waals surface area (Å²) in [6.45, 7) is 7.15. The molecule has 4 nitrogen and oxygen atoms in total. The Bertz CT molecular complexity index is 256. The Kier molecular flexibility index (Phi) is 5.01. The molecule has 0 bridgehead atoms. The van der Waals surface area contributed by atoms with Gasteiger partial charge in [0.25, 0.3) is 0 Å². The van der Waals surface area contributed by atoms with Gasteiger partial charge < -0.3 is 15.5 Å². The monoisotopic (exact) mass is 256 g/mol. The Balaban J connectivity index is 1.92. The molecule has 1 saturated carbocycles. The minimum Gasteiger partial charge on any atom is -0.395 e. The molecule has 0 radical (unpaired) electrons. The van der Waals surface area contributed by atoms with Crippen molar-refractivity contribution in [2.24, 2.45) is 11.8 Å². The molecular formula is C14H28N2O2. The first-order valence-electron chi connectivity index (χ1n) is 7.38. The van der Waals surface area contributed by atoms with Crippen LogP contribution in [0.25, 0.3) is 0 Å². The van der Waals surface area contributed by atoms with E-state index in [1.165, 1.54) is 12.8 Å². The molecule has 0 amide bonds. The lowest BCUT2D eigenvalue weighted by atomic mass is 9.89. The molecular weight excluding hydrogens is 228 g/mol. The highest BCUT2D eigenvalue weighted by Crippen LogP contribution is 2.36. The zero-order chi connectivity index (χ0) is 13.1. The van der Waals surface area contributed by atoms with Crippen molar-refractivity contribution in [2.75, 3.05) is 26.2 Å². The number of aliphatic hydroxyl groups is 2. The summed E-state index contributed by atoms with van der Waals surface area (Å²) in [5.74, 6) is 1.23. The van der Waals surface area contributed by atoms with Crippen molar-refractivity contribution in [1.29, 1.82) is 0 Å². The molecule has 0 aromatic rings. The number of nitrogens with zero attached hydrogens (tertiary/aromatic N) is 1. The third kappa shape index (κ3) is 3.67. The van der Waals surface area contributed by atoms with Crippen LogP contribution in [0.5, 0.6) is 0 Å². The van der Waals surface area contributed by atoms with Crippen molar-refractivity contribution in [1.82, 2.24) is 10.2 Å². The summed E-state index contributed by atoms with van der Waals surface area (Å²) in [6, 6.07) is 1.05. The van der Waals surface area contributed by atoms with Crippen molar-refractivity contribution in [3.05, 3.63) is 0 Å². The molecule has 2 fully saturated rings. The smallest absolute Gasteiger partial charge is 0.0556 e. The zero-order valence-electron chi connectivity index (χ0n) is 11.7. The van der Waals surface area contributed by atoms with Crippen LogP contribution in [0.3, 0.4) is 0 Å². The molecule has 0 spiro atoms. The summed E-state index contributed by atoms with van der Waals surface area (Å²) in [5, 5.41) is 22.2. The first kappa shape index (κ1) is 14.3. The third-order valence-electron chi connectivity index (χ3n) is 4.62. The van der Waals surface area contributed by atoms with E-state index in [2.05, 4.69) is 17.1 Å². The van der Waals surface area contributed by atoms with Crippen LogP contribution >= 0.6 is 0 Å². The molecule has 1 saturated heterocycles. The second-order valence-corrected chi connectivity index (χ2v) is 6.14. The van der Waals surface area contributed by atoms with E-state index in [0.29, 0.717) is 24.5 Å². The number of piperidine rings is 1. The van der Waals surface area contributed by atoms with Crippen LogP contribution in [0.15, 0.2) is 0 Å². The van der Waals surface area contributed by atoms with Crippen molar-refractivity contribution in [3.63, 3.8) is 0 Å². The average molecular weight is 256 g/mol. The number of aliphatic hydroxyl groups excluding tert-OH is 2. The fourth-order valence-electron chi connectivity index (χ4n) is 3.15. The first-order valence-corrected chi connectivity index (χ1v) is 7.38. The minimum atomic E-state index is -0.238. The number of hydrogen-bond acceptors (Lipinski definition) is 4. The average Bonchev–Trinajstić information content (AvgIpc) is 3.19. The number of rotatable bonds is 6. The van der Waals surface area contributed by atoms with Crippen LogP contribution in [0.2, 0.25) is 0 Å². The summed E-state index contributed by atoms with van der Waals surface area (Å²) in [6.07, 6.45) is 3.51. The van der Waals surface area contributed by atoms with E-state index >= 15 is 0 Å². The highest BCUT2D eigenvalue weighted by molar-refractivity contribution is 4.92. The highest BCUT2D eigenvalue weighted by Gasteiger charge is 2.37. The van der Waals surface area contributed by atoms with Gasteiger partial charge in [-0.05, 0) is 44.9 Å². The molecule has 4 atom stereocenters. The molecule has 106 valence electrons. The second-order valence-electron chi connectivity index (χ2n) is 6.14. The van der Waals surface area contributed by atoms with E-state index in [1.54, 1.807) is 0 Å². The lowest BCUT2D eigenvalue weighted by molar-refractivity contribution is 0.0274. The third-order valence-corrected chi connectivity index (χ3v) is 4.62. The summed E-state index contributed by atoms with van der Waals surface area (Å²) in [7, 11) is 0. The Morgan fingerprint density at radius 2 is 1.94 bits per heavy atom. The predicted octanol–water partition coefficient (Wildman–Crippen LogP) is 0.438. The lowest BCUT2D eigenvalue weighted by Gasteiger charge is -2.42. The summed E-state index contributed by atoms with van der Waals surface area (Å²) < 4.78 is 0. The number of hydrogen-bond donors (Lipinski definition) is 3. The standard InChI is InChI=1S/C14H28N2O2/c1-10(12-3-4-12)16-8-13(11(2)18)7-14(9-16)15-5-6-17/h10-15,17-18H,3-9H2,1-2H3. The van der Waals surface area contributed by atoms with Gasteiger partial charge >= 0.3 is 0 Å². The number of nitrogens with one attached hydrogen (secondary N) is 1. The molecule has 1 aliphatic heterocycles. The van der Waals surface area contributed by atoms with Crippen molar-refractivity contribution in [3.8, 4) is 0 Å². The fourth-order valence-corrected chi connectivity index (χ4v) is 3.15. The molecule has 0 aromatic heterocycles. The van der Waals surface area contributed by atoms with Gasteiger partial charge in [0.2, 0.25) is 0 Å². The largest absolute Gasteiger partial charge is 0.395 e. The summed E-state index contributed by atoms with van der Waals surface area (Å²) >= 11 is 0. The van der Waals surface area contributed by atoms with Gasteiger partial charge in [0, 0.05) is 31.7 Å². The molecule has 1 heterocycles. The van der Waals surface area contributed by atoms with Gasteiger partial charge in [0.1, 0.15) is 0 Å². The minimum absolute atomic E-state index is 0.189. The normalized spacial score (nSPS) is 33.3. The Labute approximate surface area is 110 Å². The molecule has 3 N–H and O–H groups in total. The zero-order valence-corrected chi connectivity index (χ0v) is 11.7. The second kappa shape index (κ2) is 6.33. The van der Waals surface area contributed by atoms with Crippen LogP contribution in [0, 0.1) is 11.8 Å². The van der Waals surface area contributed by atoms with Crippen LogP contribution < -0.4 is 5.32 Å². The topological polar surface area (TPSA) is 55.7 Å². The van der Waals surface area contributed by atoms with Crippen LogP contribution in [0.1, 0.15) is 33.1 Å². The quantitative estimate of drug-likeness (QED) is 0.645. The van der Waals surface area contributed by atoms with E-state index in [-0.39, 0.29) is 12.7 Å². The Hall–Kier alpha value is -0.160. The Morgan fingerprint density at radius 1 is 1.22 bits per heavy atom. The van der Waals surface area contributed by atoms with Crippen molar-refractivity contribution in [2.45, 2.75) is 51.3 Å². The number of likely N-dealkylation sites (tertiary alicyclic amines) is 1. The fraction of sp³-hybridized carbons (Fsp3) is 1.00. The van der Waals surface area contributed by atoms with Crippen LogP contribution in [0.4, 0.5) is 0 Å². The molecule has 0 aromatic carbocycles. The van der Waals surface area contributed by atoms with Crippen molar-refractivity contribution < 1.29 is 10.2 Å². The SMILES string of the molecule is CC(O)C1CC(NCCO)CN(C(C)C2CC2)C1. The Morgan fingerprint density at radius 3 is 2.50 bits per heavy atom. The maximum absolute atomic E-state index is 9.87. The van der Waals surface area contributed by atoms with E-state index in [1.807, 2.05) is 6.92 Å². The van der Waals surface area contributed by atoms with Gasteiger partial charge in [-0.1, -0.05) is 0 Å². The molecule has 2 aliphatic rings. The maximum Gasteiger partial charge on any atom is 0.0556 e. The molecule has 4 heteroatoms. The van der Waals surface area contributed by atoms with E-state index in [0.717, 1.165) is 25.4 Å². The molecule has 18 heavy (non-hydrogen) atoms. The van der Waals surface area contributed by atoms with Crippen LogP contribution in [-0.4, -0.2) is 59.5 Å².